The molecule has 2 fully saturated rings. The van der Waals surface area contributed by atoms with Gasteiger partial charge in [-0.15, -0.1) is 0 Å². The van der Waals surface area contributed by atoms with E-state index in [1.165, 1.54) is 12.3 Å². The van der Waals surface area contributed by atoms with Gasteiger partial charge in [0.1, 0.15) is 5.69 Å². The molecular weight excluding hydrogens is 307 g/mol. The zero-order valence-electron chi connectivity index (χ0n) is 13.0. The molecule has 4 nitrogen and oxygen atoms in total. The summed E-state index contributed by atoms with van der Waals surface area (Å²) in [6.07, 6.45) is -0.744. The molecule has 7 heteroatoms. The Hall–Kier alpha value is -1.63. The predicted molar refractivity (Wildman–Crippen MR) is 78.5 cm³/mol. The summed E-state index contributed by atoms with van der Waals surface area (Å²) in [7, 11) is 0. The van der Waals surface area contributed by atoms with Crippen molar-refractivity contribution in [1.29, 1.82) is 0 Å². The first-order valence-corrected chi connectivity index (χ1v) is 7.84. The van der Waals surface area contributed by atoms with Crippen molar-refractivity contribution in [3.63, 3.8) is 0 Å². The lowest BCUT2D eigenvalue weighted by molar-refractivity contribution is -0.141. The van der Waals surface area contributed by atoms with Crippen LogP contribution in [0.3, 0.4) is 0 Å². The normalized spacial score (nSPS) is 22.6. The maximum atomic E-state index is 12.6. The molecule has 2 saturated heterocycles. The number of halogens is 3. The van der Waals surface area contributed by atoms with Crippen LogP contribution in [0.25, 0.3) is 0 Å². The van der Waals surface area contributed by atoms with Crippen LogP contribution in [0.5, 0.6) is 0 Å². The number of carbonyl (C=O) groups is 1. The van der Waals surface area contributed by atoms with Crippen molar-refractivity contribution in [2.24, 2.45) is 5.41 Å². The Morgan fingerprint density at radius 2 is 2.00 bits per heavy atom. The fourth-order valence-corrected chi connectivity index (χ4v) is 3.57. The molecule has 126 valence electrons. The third kappa shape index (κ3) is 3.20. The molecule has 0 bridgehead atoms. The second-order valence-electron chi connectivity index (χ2n) is 6.60. The molecule has 1 aromatic heterocycles. The zero-order valence-corrected chi connectivity index (χ0v) is 13.0. The van der Waals surface area contributed by atoms with Gasteiger partial charge in [-0.25, -0.2) is 0 Å². The zero-order chi connectivity index (χ0) is 16.7. The number of amides is 1. The first-order chi connectivity index (χ1) is 10.8. The molecule has 3 heterocycles. The van der Waals surface area contributed by atoms with E-state index < -0.39 is 11.9 Å². The van der Waals surface area contributed by atoms with Gasteiger partial charge in [0.25, 0.3) is 0 Å². The third-order valence-corrected chi connectivity index (χ3v) is 5.04. The lowest BCUT2D eigenvalue weighted by atomic mass is 9.78. The molecule has 2 aliphatic rings. The maximum absolute atomic E-state index is 12.6. The van der Waals surface area contributed by atoms with Gasteiger partial charge in [0.15, 0.2) is 0 Å². The lowest BCUT2D eigenvalue weighted by Crippen LogP contribution is -2.39. The molecule has 1 unspecified atom stereocenters. The number of alkyl halides is 3. The van der Waals surface area contributed by atoms with Gasteiger partial charge < -0.3 is 10.2 Å². The summed E-state index contributed by atoms with van der Waals surface area (Å²) >= 11 is 0. The summed E-state index contributed by atoms with van der Waals surface area (Å²) in [4.78, 5) is 17.7. The highest BCUT2D eigenvalue weighted by atomic mass is 19.4. The summed E-state index contributed by atoms with van der Waals surface area (Å²) in [5, 5.41) is 3.30. The Balaban J connectivity index is 1.75. The second-order valence-corrected chi connectivity index (χ2v) is 6.60. The van der Waals surface area contributed by atoms with E-state index in [9.17, 15) is 18.0 Å². The highest BCUT2D eigenvalue weighted by molar-refractivity contribution is 5.80. The Morgan fingerprint density at radius 1 is 1.30 bits per heavy atom. The van der Waals surface area contributed by atoms with Gasteiger partial charge in [0, 0.05) is 19.2 Å². The van der Waals surface area contributed by atoms with E-state index in [0.29, 0.717) is 18.5 Å². The van der Waals surface area contributed by atoms with Crippen LogP contribution in [0.2, 0.25) is 0 Å². The first kappa shape index (κ1) is 16.2. The predicted octanol–water partition coefficient (Wildman–Crippen LogP) is 2.76. The molecule has 1 spiro atoms. The van der Waals surface area contributed by atoms with Crippen molar-refractivity contribution in [1.82, 2.24) is 15.2 Å². The number of pyridine rings is 1. The van der Waals surface area contributed by atoms with Gasteiger partial charge in [0.2, 0.25) is 5.91 Å². The van der Waals surface area contributed by atoms with Crippen molar-refractivity contribution < 1.29 is 18.0 Å². The summed E-state index contributed by atoms with van der Waals surface area (Å²) in [6, 6.07) is 2.14. The molecule has 2 aliphatic heterocycles. The van der Waals surface area contributed by atoms with Crippen molar-refractivity contribution >= 4 is 5.91 Å². The molecule has 1 amide bonds. The number of likely N-dealkylation sites (tertiary alicyclic amines) is 1. The van der Waals surface area contributed by atoms with Crippen LogP contribution >= 0.6 is 0 Å². The number of hydrogen-bond donors (Lipinski definition) is 1. The fraction of sp³-hybridized carbons (Fsp3) is 0.625. The minimum atomic E-state index is -4.44. The van der Waals surface area contributed by atoms with E-state index in [1.54, 1.807) is 4.90 Å². The molecule has 1 aromatic rings. The highest BCUT2D eigenvalue weighted by Crippen LogP contribution is 2.42. The van der Waals surface area contributed by atoms with Crippen LogP contribution in [0.1, 0.15) is 43.5 Å². The molecule has 0 aliphatic carbocycles. The SMILES string of the molecule is CC(c1ccc(C(F)(F)F)nc1)N1CC2(CCNCC2)CC1=O. The summed E-state index contributed by atoms with van der Waals surface area (Å²) < 4.78 is 37.8. The van der Waals surface area contributed by atoms with Crippen molar-refractivity contribution in [2.45, 2.75) is 38.4 Å². The Labute approximate surface area is 133 Å². The van der Waals surface area contributed by atoms with Gasteiger partial charge >= 0.3 is 6.18 Å². The largest absolute Gasteiger partial charge is 0.433 e. The third-order valence-electron chi connectivity index (χ3n) is 5.04. The molecular formula is C16H20F3N3O. The Bertz CT molecular complexity index is 579. The van der Waals surface area contributed by atoms with Crippen LogP contribution in [0.15, 0.2) is 18.3 Å². The van der Waals surface area contributed by atoms with Gasteiger partial charge in [-0.3, -0.25) is 9.78 Å². The average molecular weight is 327 g/mol. The van der Waals surface area contributed by atoms with E-state index in [1.807, 2.05) is 6.92 Å². The van der Waals surface area contributed by atoms with Gasteiger partial charge in [-0.05, 0) is 49.9 Å². The van der Waals surface area contributed by atoms with Crippen LogP contribution < -0.4 is 5.32 Å². The van der Waals surface area contributed by atoms with Crippen LogP contribution in [0, 0.1) is 5.41 Å². The second kappa shape index (κ2) is 5.78. The summed E-state index contributed by atoms with van der Waals surface area (Å²) in [5.74, 6) is 0.0827. The van der Waals surface area contributed by atoms with Crippen LogP contribution in [-0.2, 0) is 11.0 Å². The topological polar surface area (TPSA) is 45.2 Å². The van der Waals surface area contributed by atoms with E-state index in [4.69, 9.17) is 0 Å². The Kier molecular flexibility index (Phi) is 4.08. The number of nitrogens with zero attached hydrogens (tertiary/aromatic N) is 2. The van der Waals surface area contributed by atoms with Crippen molar-refractivity contribution in [3.05, 3.63) is 29.6 Å². The summed E-state index contributed by atoms with van der Waals surface area (Å²) in [5.41, 5.74) is -0.246. The number of rotatable bonds is 2. The minimum absolute atomic E-state index is 0.0237. The molecule has 3 rings (SSSR count). The van der Waals surface area contributed by atoms with E-state index in [0.717, 1.165) is 32.0 Å². The average Bonchev–Trinajstić information content (AvgIpc) is 2.82. The highest BCUT2D eigenvalue weighted by Gasteiger charge is 2.45. The van der Waals surface area contributed by atoms with Gasteiger partial charge in [0.05, 0.1) is 6.04 Å². The fourth-order valence-electron chi connectivity index (χ4n) is 3.57. The van der Waals surface area contributed by atoms with Gasteiger partial charge in [-0.2, -0.15) is 13.2 Å². The first-order valence-electron chi connectivity index (χ1n) is 7.84. The molecule has 23 heavy (non-hydrogen) atoms. The van der Waals surface area contributed by atoms with Crippen LogP contribution in [0.4, 0.5) is 13.2 Å². The molecule has 0 aromatic carbocycles. The van der Waals surface area contributed by atoms with Gasteiger partial charge in [-0.1, -0.05) is 6.07 Å². The van der Waals surface area contributed by atoms with Crippen molar-refractivity contribution in [3.8, 4) is 0 Å². The Morgan fingerprint density at radius 3 is 2.57 bits per heavy atom. The van der Waals surface area contributed by atoms with Crippen LogP contribution in [-0.4, -0.2) is 35.4 Å². The standard InChI is InChI=1S/C16H20F3N3O/c1-11(12-2-3-13(21-9-12)16(17,18)19)22-10-15(8-14(22)23)4-6-20-7-5-15/h2-3,9,11,20H,4-8,10H2,1H3. The number of hydrogen-bond acceptors (Lipinski definition) is 3. The lowest BCUT2D eigenvalue weighted by Gasteiger charge is -2.34. The monoisotopic (exact) mass is 327 g/mol. The quantitative estimate of drug-likeness (QED) is 0.908. The number of nitrogens with one attached hydrogen (secondary N) is 1. The van der Waals surface area contributed by atoms with E-state index >= 15 is 0 Å². The number of aromatic nitrogens is 1. The molecule has 1 atom stereocenters. The maximum Gasteiger partial charge on any atom is 0.433 e. The smallest absolute Gasteiger partial charge is 0.335 e. The number of carbonyl (C=O) groups excluding carboxylic acids is 1. The molecule has 1 N–H and O–H groups in total. The van der Waals surface area contributed by atoms with E-state index in [2.05, 4.69) is 10.3 Å². The minimum Gasteiger partial charge on any atom is -0.335 e. The molecule has 0 saturated carbocycles. The summed E-state index contributed by atoms with van der Waals surface area (Å²) in [6.45, 7) is 4.35. The van der Waals surface area contributed by atoms with Crippen molar-refractivity contribution in [2.75, 3.05) is 19.6 Å². The van der Waals surface area contributed by atoms with E-state index in [-0.39, 0.29) is 17.4 Å². The molecule has 0 radical (unpaired) electrons. The number of piperidine rings is 1.